The lowest BCUT2D eigenvalue weighted by atomic mass is 10.1. The molecule has 0 aliphatic carbocycles. The van der Waals surface area contributed by atoms with Gasteiger partial charge in [0.15, 0.2) is 0 Å². The quantitative estimate of drug-likeness (QED) is 0.801. The van der Waals surface area contributed by atoms with Crippen LogP contribution >= 0.6 is 23.2 Å². The van der Waals surface area contributed by atoms with Crippen molar-refractivity contribution in [1.82, 2.24) is 4.98 Å². The number of benzene rings is 1. The van der Waals surface area contributed by atoms with Crippen molar-refractivity contribution in [2.24, 2.45) is 0 Å². The average molecular weight is 322 g/mol. The second-order valence-corrected chi connectivity index (χ2v) is 5.72. The molecule has 1 fully saturated rings. The Morgan fingerprint density at radius 2 is 1.71 bits per heavy atom. The first-order chi connectivity index (χ1) is 10.3. The van der Waals surface area contributed by atoms with Crippen LogP contribution in [0.15, 0.2) is 42.6 Å². The van der Waals surface area contributed by atoms with E-state index in [-0.39, 0.29) is 0 Å². The number of rotatable bonds is 3. The predicted octanol–water partition coefficient (Wildman–Crippen LogP) is 3.80. The highest BCUT2D eigenvalue weighted by molar-refractivity contribution is 6.33. The van der Waals surface area contributed by atoms with Gasteiger partial charge in [-0.3, -0.25) is 0 Å². The van der Waals surface area contributed by atoms with Crippen LogP contribution in [0.25, 0.3) is 0 Å². The molecule has 2 aromatic rings. The van der Waals surface area contributed by atoms with Crippen molar-refractivity contribution in [3.8, 4) is 0 Å². The van der Waals surface area contributed by atoms with Gasteiger partial charge in [0.05, 0.1) is 10.7 Å². The summed E-state index contributed by atoms with van der Waals surface area (Å²) < 4.78 is 0. The van der Waals surface area contributed by atoms with Crippen molar-refractivity contribution in [3.63, 3.8) is 0 Å². The van der Waals surface area contributed by atoms with Crippen molar-refractivity contribution < 1.29 is 0 Å². The van der Waals surface area contributed by atoms with E-state index in [4.69, 9.17) is 23.2 Å². The van der Waals surface area contributed by atoms with E-state index in [2.05, 4.69) is 20.9 Å². The zero-order valence-corrected chi connectivity index (χ0v) is 13.2. The molecule has 1 saturated heterocycles. The predicted molar refractivity (Wildman–Crippen MR) is 89.7 cm³/mol. The topological polar surface area (TPSA) is 19.4 Å². The first-order valence-electron chi connectivity index (χ1n) is 7.04. The minimum Gasteiger partial charge on any atom is -0.367 e. The van der Waals surface area contributed by atoms with Gasteiger partial charge in [-0.1, -0.05) is 29.8 Å². The zero-order valence-electron chi connectivity index (χ0n) is 11.7. The largest absolute Gasteiger partial charge is 0.367 e. The van der Waals surface area contributed by atoms with Crippen LogP contribution in [0.5, 0.6) is 0 Å². The SMILES string of the molecule is ClCc1cccc(Cl)c1N1CCN(c2ccccn2)CC1. The Bertz CT molecular complexity index is 596. The van der Waals surface area contributed by atoms with E-state index in [1.807, 2.05) is 36.5 Å². The second kappa shape index (κ2) is 6.54. The van der Waals surface area contributed by atoms with Gasteiger partial charge in [-0.15, -0.1) is 11.6 Å². The summed E-state index contributed by atoms with van der Waals surface area (Å²) in [7, 11) is 0. The Hall–Kier alpha value is -1.45. The second-order valence-electron chi connectivity index (χ2n) is 5.04. The Balaban J connectivity index is 1.75. The molecule has 1 aromatic heterocycles. The Morgan fingerprint density at radius 3 is 2.38 bits per heavy atom. The molecule has 2 heterocycles. The molecule has 0 unspecified atom stereocenters. The Morgan fingerprint density at radius 1 is 0.952 bits per heavy atom. The highest BCUT2D eigenvalue weighted by Crippen LogP contribution is 2.32. The van der Waals surface area contributed by atoms with Crippen LogP contribution in [-0.2, 0) is 5.88 Å². The molecule has 3 nitrogen and oxygen atoms in total. The zero-order chi connectivity index (χ0) is 14.7. The Kier molecular flexibility index (Phi) is 4.51. The number of hydrogen-bond acceptors (Lipinski definition) is 3. The van der Waals surface area contributed by atoms with E-state index in [0.29, 0.717) is 5.88 Å². The molecule has 21 heavy (non-hydrogen) atoms. The highest BCUT2D eigenvalue weighted by atomic mass is 35.5. The van der Waals surface area contributed by atoms with Crippen molar-refractivity contribution >= 4 is 34.7 Å². The third kappa shape index (κ3) is 3.09. The first-order valence-corrected chi connectivity index (χ1v) is 7.95. The summed E-state index contributed by atoms with van der Waals surface area (Å²) in [6.45, 7) is 3.71. The number of aromatic nitrogens is 1. The van der Waals surface area contributed by atoms with Crippen LogP contribution in [0.4, 0.5) is 11.5 Å². The lowest BCUT2D eigenvalue weighted by Gasteiger charge is -2.37. The fraction of sp³-hybridized carbons (Fsp3) is 0.312. The minimum atomic E-state index is 0.482. The van der Waals surface area contributed by atoms with E-state index in [1.165, 1.54) is 0 Å². The lowest BCUT2D eigenvalue weighted by molar-refractivity contribution is 0.646. The van der Waals surface area contributed by atoms with Crippen LogP contribution in [0, 0.1) is 0 Å². The molecule has 5 heteroatoms. The van der Waals surface area contributed by atoms with Crippen LogP contribution in [0.1, 0.15) is 5.56 Å². The summed E-state index contributed by atoms with van der Waals surface area (Å²) >= 11 is 12.4. The summed E-state index contributed by atoms with van der Waals surface area (Å²) in [6.07, 6.45) is 1.83. The average Bonchev–Trinajstić information content (AvgIpc) is 2.55. The Labute approximate surface area is 135 Å². The maximum atomic E-state index is 6.37. The summed E-state index contributed by atoms with van der Waals surface area (Å²) in [4.78, 5) is 9.03. The number of nitrogens with zero attached hydrogens (tertiary/aromatic N) is 3. The number of alkyl halides is 1. The third-order valence-corrected chi connectivity index (χ3v) is 4.38. The van der Waals surface area contributed by atoms with Gasteiger partial charge in [0.2, 0.25) is 0 Å². The molecular formula is C16H17Cl2N3. The summed E-state index contributed by atoms with van der Waals surface area (Å²) in [5.74, 6) is 1.52. The number of para-hydroxylation sites is 1. The smallest absolute Gasteiger partial charge is 0.128 e. The standard InChI is InChI=1S/C16H17Cl2N3/c17-12-13-4-3-5-14(18)16(13)21-10-8-20(9-11-21)15-6-1-2-7-19-15/h1-7H,8-12H2. The van der Waals surface area contributed by atoms with E-state index in [9.17, 15) is 0 Å². The van der Waals surface area contributed by atoms with Crippen molar-refractivity contribution in [2.45, 2.75) is 5.88 Å². The molecule has 0 radical (unpaired) electrons. The molecule has 3 rings (SSSR count). The number of anilines is 2. The van der Waals surface area contributed by atoms with E-state index in [1.54, 1.807) is 0 Å². The normalized spacial score (nSPS) is 15.3. The van der Waals surface area contributed by atoms with Crippen LogP contribution in [0.3, 0.4) is 0 Å². The van der Waals surface area contributed by atoms with Crippen molar-refractivity contribution in [3.05, 3.63) is 53.2 Å². The number of halogens is 2. The molecule has 0 spiro atoms. The van der Waals surface area contributed by atoms with Crippen LogP contribution < -0.4 is 9.80 Å². The molecule has 1 aliphatic rings. The van der Waals surface area contributed by atoms with Gasteiger partial charge < -0.3 is 9.80 Å². The van der Waals surface area contributed by atoms with Gasteiger partial charge in [0.1, 0.15) is 5.82 Å². The minimum absolute atomic E-state index is 0.482. The number of hydrogen-bond donors (Lipinski definition) is 0. The van der Waals surface area contributed by atoms with Gasteiger partial charge in [-0.25, -0.2) is 4.98 Å². The van der Waals surface area contributed by atoms with Gasteiger partial charge in [-0.05, 0) is 23.8 Å². The van der Waals surface area contributed by atoms with Crippen molar-refractivity contribution in [2.75, 3.05) is 36.0 Å². The van der Waals surface area contributed by atoms with Gasteiger partial charge in [0.25, 0.3) is 0 Å². The fourth-order valence-electron chi connectivity index (χ4n) is 2.72. The summed E-state index contributed by atoms with van der Waals surface area (Å²) in [5, 5.41) is 0.777. The molecule has 0 bridgehead atoms. The van der Waals surface area contributed by atoms with E-state index in [0.717, 1.165) is 48.3 Å². The molecule has 110 valence electrons. The van der Waals surface area contributed by atoms with Crippen molar-refractivity contribution in [1.29, 1.82) is 0 Å². The highest BCUT2D eigenvalue weighted by Gasteiger charge is 2.21. The maximum absolute atomic E-state index is 6.37. The monoisotopic (exact) mass is 321 g/mol. The van der Waals surface area contributed by atoms with E-state index < -0.39 is 0 Å². The summed E-state index contributed by atoms with van der Waals surface area (Å²) in [6, 6.07) is 11.9. The number of pyridine rings is 1. The van der Waals surface area contributed by atoms with Crippen LogP contribution in [0.2, 0.25) is 5.02 Å². The van der Waals surface area contributed by atoms with E-state index >= 15 is 0 Å². The van der Waals surface area contributed by atoms with Gasteiger partial charge in [-0.2, -0.15) is 0 Å². The summed E-state index contributed by atoms with van der Waals surface area (Å²) in [5.41, 5.74) is 2.17. The maximum Gasteiger partial charge on any atom is 0.128 e. The lowest BCUT2D eigenvalue weighted by Crippen LogP contribution is -2.47. The molecular weight excluding hydrogens is 305 g/mol. The molecule has 0 amide bonds. The molecule has 0 atom stereocenters. The van der Waals surface area contributed by atoms with Gasteiger partial charge >= 0.3 is 0 Å². The fourth-order valence-corrected chi connectivity index (χ4v) is 3.25. The third-order valence-electron chi connectivity index (χ3n) is 3.78. The van der Waals surface area contributed by atoms with Crippen LogP contribution in [-0.4, -0.2) is 31.2 Å². The molecule has 1 aromatic carbocycles. The first kappa shape index (κ1) is 14.5. The molecule has 0 saturated carbocycles. The number of piperazine rings is 1. The molecule has 0 N–H and O–H groups in total. The van der Waals surface area contributed by atoms with Gasteiger partial charge in [0, 0.05) is 38.3 Å². The molecule has 1 aliphatic heterocycles.